The van der Waals surface area contributed by atoms with Gasteiger partial charge >= 0.3 is 6.09 Å². The van der Waals surface area contributed by atoms with Gasteiger partial charge in [-0.3, -0.25) is 0 Å². The van der Waals surface area contributed by atoms with Gasteiger partial charge in [-0.1, -0.05) is 45.9 Å². The summed E-state index contributed by atoms with van der Waals surface area (Å²) in [5, 5.41) is 2.73. The van der Waals surface area contributed by atoms with Gasteiger partial charge in [-0.15, -0.1) is 0 Å². The van der Waals surface area contributed by atoms with Crippen LogP contribution in [0.1, 0.15) is 36.0 Å². The molecule has 100 valence electrons. The van der Waals surface area contributed by atoms with Crippen LogP contribution in [0, 0.1) is 11.8 Å². The van der Waals surface area contributed by atoms with E-state index in [1.807, 2.05) is 0 Å². The molecule has 0 unspecified atom stereocenters. The molecule has 0 aromatic rings. The van der Waals surface area contributed by atoms with Crippen molar-refractivity contribution >= 4 is 6.09 Å². The van der Waals surface area contributed by atoms with Crippen molar-refractivity contribution in [2.24, 2.45) is 11.8 Å². The maximum absolute atomic E-state index is 11.2. The second kappa shape index (κ2) is 8.85. The summed E-state index contributed by atoms with van der Waals surface area (Å²) in [5.74, 6) is 0.971. The van der Waals surface area contributed by atoms with Gasteiger partial charge in [0.1, 0.15) is 0 Å². The minimum atomic E-state index is -0.361. The van der Waals surface area contributed by atoms with Crippen LogP contribution in [0.5, 0.6) is 0 Å². The first-order chi connectivity index (χ1) is 7.95. The minimum Gasteiger partial charge on any atom is -0.450 e. The molecule has 0 atom stereocenters. The lowest BCUT2D eigenvalue weighted by Gasteiger charge is -2.08. The van der Waals surface area contributed by atoms with E-state index in [0.29, 0.717) is 25.0 Å². The maximum Gasteiger partial charge on any atom is 0.407 e. The van der Waals surface area contributed by atoms with Crippen LogP contribution in [0.2, 0.25) is 0 Å². The molecule has 1 amide bonds. The molecule has 0 aliphatic carbocycles. The third kappa shape index (κ3) is 9.67. The molecule has 0 aliphatic heterocycles. The smallest absolute Gasteiger partial charge is 0.407 e. The summed E-state index contributed by atoms with van der Waals surface area (Å²) in [6, 6.07) is 0. The highest BCUT2D eigenvalue weighted by atomic mass is 16.5. The molecule has 17 heavy (non-hydrogen) atoms. The van der Waals surface area contributed by atoms with Crippen LogP contribution in [0.4, 0.5) is 4.79 Å². The van der Waals surface area contributed by atoms with Crippen LogP contribution in [0.15, 0.2) is 23.8 Å². The summed E-state index contributed by atoms with van der Waals surface area (Å²) in [6.07, 6.45) is 5.98. The number of amides is 1. The molecule has 0 saturated heterocycles. The van der Waals surface area contributed by atoms with Crippen molar-refractivity contribution < 1.29 is 11.0 Å². The fraction of sp³-hybridized carbons (Fsp3) is 0.643. The van der Waals surface area contributed by atoms with Crippen LogP contribution >= 0.6 is 0 Å². The second-order valence-corrected chi connectivity index (χ2v) is 4.66. The Morgan fingerprint density at radius 2 is 1.94 bits per heavy atom. The number of alkyl carbamates (subject to hydrolysis) is 1. The second-order valence-electron chi connectivity index (χ2n) is 4.66. The number of hydrogen-bond donors (Lipinski definition) is 1. The molecule has 3 nitrogen and oxygen atoms in total. The summed E-state index contributed by atoms with van der Waals surface area (Å²) in [4.78, 5) is 11.2. The van der Waals surface area contributed by atoms with Gasteiger partial charge in [-0.25, -0.2) is 4.79 Å². The first kappa shape index (κ1) is 15.8. The first-order valence-electron chi connectivity index (χ1n) is 6.25. The molecule has 0 aliphatic rings. The predicted octanol–water partition coefficient (Wildman–Crippen LogP) is 3.77. The van der Waals surface area contributed by atoms with Crippen LogP contribution in [-0.2, 0) is 4.74 Å². The summed E-state index contributed by atoms with van der Waals surface area (Å²) >= 11 is 0. The quantitative estimate of drug-likeness (QED) is 0.719. The van der Waals surface area contributed by atoms with E-state index in [2.05, 4.69) is 51.2 Å². The van der Waals surface area contributed by atoms with Gasteiger partial charge in [0.25, 0.3) is 0 Å². The Labute approximate surface area is 106 Å². The highest BCUT2D eigenvalue weighted by Crippen LogP contribution is 2.05. The average molecular weight is 241 g/mol. The minimum absolute atomic E-state index is 0. The van der Waals surface area contributed by atoms with Crippen LogP contribution in [-0.4, -0.2) is 19.2 Å². The number of allylic oxidation sites excluding steroid dienone is 2. The van der Waals surface area contributed by atoms with E-state index in [1.165, 1.54) is 0 Å². The Balaban J connectivity index is 0. The zero-order chi connectivity index (χ0) is 13.3. The van der Waals surface area contributed by atoms with Gasteiger partial charge < -0.3 is 10.1 Å². The summed E-state index contributed by atoms with van der Waals surface area (Å²) in [7, 11) is 0. The molecule has 0 spiro atoms. The molecule has 1 N–H and O–H groups in total. The zero-order valence-corrected chi connectivity index (χ0v) is 11.6. The third-order valence-electron chi connectivity index (χ3n) is 1.95. The Morgan fingerprint density at radius 1 is 1.29 bits per heavy atom. The largest absolute Gasteiger partial charge is 0.450 e. The fourth-order valence-corrected chi connectivity index (χ4v) is 1.27. The summed E-state index contributed by atoms with van der Waals surface area (Å²) < 4.78 is 4.82. The van der Waals surface area contributed by atoms with Gasteiger partial charge in [-0.05, 0) is 24.3 Å². The predicted molar refractivity (Wildman–Crippen MR) is 74.0 cm³/mol. The molecule has 0 radical (unpaired) electrons. The van der Waals surface area contributed by atoms with Crippen molar-refractivity contribution in [1.82, 2.24) is 5.32 Å². The van der Waals surface area contributed by atoms with Gasteiger partial charge in [0.2, 0.25) is 0 Å². The van der Waals surface area contributed by atoms with Crippen molar-refractivity contribution in [3.8, 4) is 0 Å². The molecular formula is C14H27NO2. The number of hydrogen-bond acceptors (Lipinski definition) is 2. The van der Waals surface area contributed by atoms with Gasteiger partial charge in [0, 0.05) is 7.97 Å². The van der Waals surface area contributed by atoms with E-state index < -0.39 is 0 Å². The van der Waals surface area contributed by atoms with Crippen molar-refractivity contribution in [2.75, 3.05) is 13.2 Å². The van der Waals surface area contributed by atoms with E-state index in [-0.39, 0.29) is 7.52 Å². The molecular weight excluding hydrogens is 214 g/mol. The Bertz CT molecular complexity index is 284. The normalized spacial score (nSPS) is 12.5. The third-order valence-corrected chi connectivity index (χ3v) is 1.95. The highest BCUT2D eigenvalue weighted by Gasteiger charge is 2.01. The molecule has 0 saturated carbocycles. The number of carbonyl (C=O) groups is 1. The number of ether oxygens (including phenoxy) is 1. The molecule has 3 heteroatoms. The first-order valence-corrected chi connectivity index (χ1v) is 6.25. The molecule has 0 rings (SSSR count). The summed E-state index contributed by atoms with van der Waals surface area (Å²) in [5.41, 5.74) is 1.11. The lowest BCUT2D eigenvalue weighted by Crippen LogP contribution is -2.26. The molecule has 0 heterocycles. The number of rotatable bonds is 6. The van der Waals surface area contributed by atoms with Crippen molar-refractivity contribution in [3.63, 3.8) is 0 Å². The highest BCUT2D eigenvalue weighted by molar-refractivity contribution is 5.67. The Hall–Kier alpha value is -1.25. The van der Waals surface area contributed by atoms with Crippen molar-refractivity contribution in [1.29, 1.82) is 0 Å². The zero-order valence-electron chi connectivity index (χ0n) is 11.6. The molecule has 0 fully saturated rings. The molecule has 0 aromatic carbocycles. The monoisotopic (exact) mass is 241 g/mol. The number of carbonyl (C=O) groups excluding carboxylic acids is 1. The Kier molecular flexibility index (Phi) is 8.20. The van der Waals surface area contributed by atoms with Gasteiger partial charge in [-0.2, -0.15) is 0 Å². The van der Waals surface area contributed by atoms with E-state index in [4.69, 9.17) is 4.74 Å². The maximum atomic E-state index is 11.2. The lowest BCUT2D eigenvalue weighted by molar-refractivity contribution is 0.153. The van der Waals surface area contributed by atoms with Crippen LogP contribution in [0.25, 0.3) is 0 Å². The SMILES string of the molecule is CCOC(=O)NCC(/C=C\C(C)C)=C/C(C)C.[HH]. The van der Waals surface area contributed by atoms with E-state index in [9.17, 15) is 4.79 Å². The fourth-order valence-electron chi connectivity index (χ4n) is 1.27. The van der Waals surface area contributed by atoms with Crippen LogP contribution < -0.4 is 5.32 Å². The van der Waals surface area contributed by atoms with Gasteiger partial charge in [0.05, 0.1) is 6.61 Å². The van der Waals surface area contributed by atoms with E-state index >= 15 is 0 Å². The lowest BCUT2D eigenvalue weighted by atomic mass is 10.1. The summed E-state index contributed by atoms with van der Waals surface area (Å²) in [6.45, 7) is 11.2. The molecule has 0 aromatic heterocycles. The van der Waals surface area contributed by atoms with E-state index in [0.717, 1.165) is 5.57 Å². The number of nitrogens with one attached hydrogen (secondary N) is 1. The Morgan fingerprint density at radius 3 is 2.41 bits per heavy atom. The van der Waals surface area contributed by atoms with Crippen molar-refractivity contribution in [2.45, 2.75) is 34.6 Å². The van der Waals surface area contributed by atoms with E-state index in [1.54, 1.807) is 6.92 Å². The topological polar surface area (TPSA) is 38.3 Å². The van der Waals surface area contributed by atoms with Crippen LogP contribution in [0.3, 0.4) is 0 Å². The molecule has 0 bridgehead atoms. The average Bonchev–Trinajstić information content (AvgIpc) is 2.21. The van der Waals surface area contributed by atoms with Crippen molar-refractivity contribution in [3.05, 3.63) is 23.8 Å². The van der Waals surface area contributed by atoms with Gasteiger partial charge in [0.15, 0.2) is 0 Å². The standard InChI is InChI=1S/C14H25NO2.H2/c1-6-17-14(16)15-10-13(9-12(4)5)8-7-11(2)3;/h7-9,11-12H,6,10H2,1-5H3,(H,15,16);1H/b8-7-,13-9+;.